The fourth-order valence-electron chi connectivity index (χ4n) is 2.65. The smallest absolute Gasteiger partial charge is 0.191 e. The Kier molecular flexibility index (Phi) is 5.43. The Bertz CT molecular complexity index is 808. The normalized spacial score (nSPS) is 11.8. The van der Waals surface area contributed by atoms with Crippen LogP contribution in [0.4, 0.5) is 0 Å². The van der Waals surface area contributed by atoms with Crippen molar-refractivity contribution in [3.8, 4) is 0 Å². The molecule has 1 aromatic carbocycles. The van der Waals surface area contributed by atoms with E-state index < -0.39 is 0 Å². The van der Waals surface area contributed by atoms with E-state index in [0.29, 0.717) is 0 Å². The summed E-state index contributed by atoms with van der Waals surface area (Å²) in [5.41, 5.74) is 2.35. The number of hydrogen-bond donors (Lipinski definition) is 3. The summed E-state index contributed by atoms with van der Waals surface area (Å²) in [5.74, 6) is 1.76. The van der Waals surface area contributed by atoms with E-state index in [9.17, 15) is 0 Å². The first-order valence-corrected chi connectivity index (χ1v) is 8.36. The van der Waals surface area contributed by atoms with Crippen molar-refractivity contribution in [2.45, 2.75) is 12.8 Å². The molecule has 2 aromatic heterocycles. The van der Waals surface area contributed by atoms with Crippen molar-refractivity contribution in [3.63, 3.8) is 0 Å². The highest BCUT2D eigenvalue weighted by molar-refractivity contribution is 6.31. The highest BCUT2D eigenvalue weighted by Crippen LogP contribution is 2.22. The van der Waals surface area contributed by atoms with E-state index >= 15 is 0 Å². The standard InChI is InChI=1S/C18H21ClN4O/c1-20-18(22-9-7-15-3-2-10-24-15)21-8-6-13-12-23-17-5-4-14(19)11-16(13)17/h2-5,10-12,23H,6-9H2,1H3,(H2,20,21,22). The van der Waals surface area contributed by atoms with Gasteiger partial charge in [-0.3, -0.25) is 4.99 Å². The molecule has 6 heteroatoms. The number of nitrogens with one attached hydrogen (secondary N) is 3. The van der Waals surface area contributed by atoms with Crippen molar-refractivity contribution in [2.75, 3.05) is 20.1 Å². The van der Waals surface area contributed by atoms with Gasteiger partial charge in [-0.2, -0.15) is 0 Å². The third-order valence-corrected chi connectivity index (χ3v) is 4.12. The molecule has 0 spiro atoms. The molecule has 0 atom stereocenters. The Labute approximate surface area is 146 Å². The van der Waals surface area contributed by atoms with Crippen molar-refractivity contribution in [2.24, 2.45) is 4.99 Å². The summed E-state index contributed by atoms with van der Waals surface area (Å²) < 4.78 is 5.32. The van der Waals surface area contributed by atoms with Crippen molar-refractivity contribution in [3.05, 3.63) is 59.1 Å². The van der Waals surface area contributed by atoms with Crippen LogP contribution in [0.1, 0.15) is 11.3 Å². The first-order valence-electron chi connectivity index (χ1n) is 7.98. The van der Waals surface area contributed by atoms with E-state index in [2.05, 4.69) is 20.6 Å². The van der Waals surface area contributed by atoms with Crippen LogP contribution in [0.2, 0.25) is 5.02 Å². The fourth-order valence-corrected chi connectivity index (χ4v) is 2.82. The van der Waals surface area contributed by atoms with Gasteiger partial charge in [-0.05, 0) is 42.3 Å². The highest BCUT2D eigenvalue weighted by Gasteiger charge is 2.05. The molecule has 0 saturated heterocycles. The average molecular weight is 345 g/mol. The quantitative estimate of drug-likeness (QED) is 0.474. The number of halogens is 1. The van der Waals surface area contributed by atoms with Gasteiger partial charge in [0.15, 0.2) is 5.96 Å². The van der Waals surface area contributed by atoms with Gasteiger partial charge in [0.1, 0.15) is 5.76 Å². The summed E-state index contributed by atoms with van der Waals surface area (Å²) in [6.07, 6.45) is 5.44. The van der Waals surface area contributed by atoms with Crippen LogP contribution in [0.5, 0.6) is 0 Å². The zero-order valence-corrected chi connectivity index (χ0v) is 14.4. The molecule has 0 amide bonds. The van der Waals surface area contributed by atoms with Crippen molar-refractivity contribution in [1.29, 1.82) is 0 Å². The van der Waals surface area contributed by atoms with Gasteiger partial charge >= 0.3 is 0 Å². The second kappa shape index (κ2) is 7.93. The van der Waals surface area contributed by atoms with Gasteiger partial charge < -0.3 is 20.0 Å². The number of aromatic amines is 1. The Balaban J connectivity index is 1.48. The molecule has 0 aliphatic rings. The Morgan fingerprint density at radius 1 is 1.21 bits per heavy atom. The summed E-state index contributed by atoms with van der Waals surface area (Å²) >= 11 is 6.09. The first-order chi connectivity index (χ1) is 11.8. The number of fused-ring (bicyclic) bond motifs is 1. The average Bonchev–Trinajstić information content (AvgIpc) is 3.23. The van der Waals surface area contributed by atoms with Gasteiger partial charge in [-0.15, -0.1) is 0 Å². The van der Waals surface area contributed by atoms with Gasteiger partial charge in [0.25, 0.3) is 0 Å². The molecule has 3 rings (SSSR count). The van der Waals surface area contributed by atoms with Crippen LogP contribution in [0.15, 0.2) is 52.2 Å². The van der Waals surface area contributed by atoms with E-state index in [1.807, 2.05) is 36.5 Å². The number of guanidine groups is 1. The van der Waals surface area contributed by atoms with E-state index in [4.69, 9.17) is 16.0 Å². The van der Waals surface area contributed by atoms with Crippen molar-refractivity contribution >= 4 is 28.5 Å². The van der Waals surface area contributed by atoms with Gasteiger partial charge in [0.2, 0.25) is 0 Å². The third-order valence-electron chi connectivity index (χ3n) is 3.88. The number of benzene rings is 1. The second-order valence-corrected chi connectivity index (χ2v) is 5.95. The van der Waals surface area contributed by atoms with E-state index in [1.54, 1.807) is 13.3 Å². The maximum absolute atomic E-state index is 6.09. The number of nitrogens with zero attached hydrogens (tertiary/aromatic N) is 1. The SMILES string of the molecule is CN=C(NCCc1ccco1)NCCc1c[nH]c2ccc(Cl)cc12. The number of aliphatic imine (C=N–C) groups is 1. The molecule has 0 fully saturated rings. The molecule has 0 saturated carbocycles. The lowest BCUT2D eigenvalue weighted by molar-refractivity contribution is 0.507. The fraction of sp³-hybridized carbons (Fsp3) is 0.278. The number of H-pyrrole nitrogens is 1. The lowest BCUT2D eigenvalue weighted by Crippen LogP contribution is -2.39. The zero-order chi connectivity index (χ0) is 16.8. The van der Waals surface area contributed by atoms with E-state index in [1.165, 1.54) is 10.9 Å². The monoisotopic (exact) mass is 344 g/mol. The Hall–Kier alpha value is -2.40. The number of rotatable bonds is 6. The van der Waals surface area contributed by atoms with Crippen LogP contribution < -0.4 is 10.6 Å². The van der Waals surface area contributed by atoms with Crippen LogP contribution in [-0.4, -0.2) is 31.1 Å². The Morgan fingerprint density at radius 2 is 2.04 bits per heavy atom. The van der Waals surface area contributed by atoms with Crippen LogP contribution in [0.25, 0.3) is 10.9 Å². The number of furan rings is 1. The predicted octanol–water partition coefficient (Wildman–Crippen LogP) is 3.36. The molecule has 3 aromatic rings. The first kappa shape index (κ1) is 16.5. The summed E-state index contributed by atoms with van der Waals surface area (Å²) in [4.78, 5) is 7.51. The molecule has 0 bridgehead atoms. The molecule has 0 radical (unpaired) electrons. The molecule has 2 heterocycles. The third kappa shape index (κ3) is 4.11. The summed E-state index contributed by atoms with van der Waals surface area (Å²) in [6, 6.07) is 9.77. The molecule has 0 unspecified atom stereocenters. The van der Waals surface area contributed by atoms with E-state index in [-0.39, 0.29) is 0 Å². The molecule has 0 aliphatic carbocycles. The number of aromatic nitrogens is 1. The minimum Gasteiger partial charge on any atom is -0.469 e. The second-order valence-electron chi connectivity index (χ2n) is 5.51. The lowest BCUT2D eigenvalue weighted by atomic mass is 10.1. The van der Waals surface area contributed by atoms with Crippen molar-refractivity contribution < 1.29 is 4.42 Å². The molecule has 24 heavy (non-hydrogen) atoms. The molecule has 3 N–H and O–H groups in total. The molecule has 5 nitrogen and oxygen atoms in total. The topological polar surface area (TPSA) is 65.3 Å². The van der Waals surface area contributed by atoms with Gasteiger partial charge in [-0.25, -0.2) is 0 Å². The molecular weight excluding hydrogens is 324 g/mol. The summed E-state index contributed by atoms with van der Waals surface area (Å²) in [6.45, 7) is 1.57. The number of hydrogen-bond acceptors (Lipinski definition) is 2. The minimum absolute atomic E-state index is 0.756. The van der Waals surface area contributed by atoms with Gasteiger partial charge in [-0.1, -0.05) is 11.6 Å². The minimum atomic E-state index is 0.756. The zero-order valence-electron chi connectivity index (χ0n) is 13.6. The van der Waals surface area contributed by atoms with E-state index in [0.717, 1.165) is 48.2 Å². The van der Waals surface area contributed by atoms with Crippen LogP contribution in [-0.2, 0) is 12.8 Å². The summed E-state index contributed by atoms with van der Waals surface area (Å²) in [7, 11) is 1.77. The maximum Gasteiger partial charge on any atom is 0.191 e. The maximum atomic E-state index is 6.09. The summed E-state index contributed by atoms with van der Waals surface area (Å²) in [5, 5.41) is 8.54. The molecular formula is C18H21ClN4O. The predicted molar refractivity (Wildman–Crippen MR) is 98.8 cm³/mol. The van der Waals surface area contributed by atoms with Crippen molar-refractivity contribution in [1.82, 2.24) is 15.6 Å². The largest absolute Gasteiger partial charge is 0.469 e. The van der Waals surface area contributed by atoms with Crippen LogP contribution in [0, 0.1) is 0 Å². The lowest BCUT2D eigenvalue weighted by Gasteiger charge is -2.11. The molecule has 0 aliphatic heterocycles. The van der Waals surface area contributed by atoms with Gasteiger partial charge in [0, 0.05) is 48.7 Å². The Morgan fingerprint density at radius 3 is 2.79 bits per heavy atom. The van der Waals surface area contributed by atoms with Gasteiger partial charge in [0.05, 0.1) is 6.26 Å². The highest BCUT2D eigenvalue weighted by atomic mass is 35.5. The van der Waals surface area contributed by atoms with Crippen LogP contribution >= 0.6 is 11.6 Å². The van der Waals surface area contributed by atoms with Crippen LogP contribution in [0.3, 0.4) is 0 Å². The molecule has 126 valence electrons.